The largest absolute Gasteiger partial charge is 0.497 e. The Morgan fingerprint density at radius 1 is 1.12 bits per heavy atom. The fourth-order valence-electron chi connectivity index (χ4n) is 2.94. The van der Waals surface area contributed by atoms with Gasteiger partial charge in [0.05, 0.1) is 19.1 Å². The molecular formula is C19H16BrN3O. The van der Waals surface area contributed by atoms with Gasteiger partial charge in [0.2, 0.25) is 0 Å². The Labute approximate surface area is 148 Å². The van der Waals surface area contributed by atoms with Gasteiger partial charge in [0.1, 0.15) is 10.4 Å². The van der Waals surface area contributed by atoms with Crippen LogP contribution in [-0.4, -0.2) is 21.6 Å². The molecule has 0 saturated heterocycles. The second kappa shape index (κ2) is 6.17. The molecule has 0 aliphatic rings. The number of ether oxygens (including phenoxy) is 1. The SMILES string of the molecule is COc1ccc(Cn2cnc(Br)c2-c2c[nH]c3ccccc23)cc1. The molecule has 0 atom stereocenters. The van der Waals surface area contributed by atoms with E-state index in [0.717, 1.165) is 33.7 Å². The zero-order chi connectivity index (χ0) is 16.5. The van der Waals surface area contributed by atoms with Crippen LogP contribution in [0.15, 0.2) is 65.7 Å². The normalized spacial score (nSPS) is 11.1. The Morgan fingerprint density at radius 3 is 2.71 bits per heavy atom. The molecule has 0 saturated carbocycles. The molecule has 0 aliphatic carbocycles. The summed E-state index contributed by atoms with van der Waals surface area (Å²) in [6.07, 6.45) is 3.91. The molecular weight excluding hydrogens is 366 g/mol. The van der Waals surface area contributed by atoms with Gasteiger partial charge in [0.25, 0.3) is 0 Å². The molecule has 0 unspecified atom stereocenters. The first-order valence-corrected chi connectivity index (χ1v) is 8.45. The number of halogens is 1. The van der Waals surface area contributed by atoms with Crippen LogP contribution in [-0.2, 0) is 6.54 Å². The summed E-state index contributed by atoms with van der Waals surface area (Å²) in [4.78, 5) is 7.78. The molecule has 4 rings (SSSR count). The lowest BCUT2D eigenvalue weighted by molar-refractivity contribution is 0.414. The third kappa shape index (κ3) is 2.61. The lowest BCUT2D eigenvalue weighted by Gasteiger charge is -2.09. The number of H-pyrrole nitrogens is 1. The van der Waals surface area contributed by atoms with Crippen molar-refractivity contribution in [3.05, 3.63) is 71.2 Å². The van der Waals surface area contributed by atoms with Crippen LogP contribution >= 0.6 is 15.9 Å². The van der Waals surface area contributed by atoms with Crippen LogP contribution in [0, 0.1) is 0 Å². The molecule has 0 radical (unpaired) electrons. The first-order valence-electron chi connectivity index (χ1n) is 7.66. The van der Waals surface area contributed by atoms with E-state index in [2.05, 4.69) is 60.8 Å². The quantitative estimate of drug-likeness (QED) is 0.548. The number of rotatable bonds is 4. The Hall–Kier alpha value is -2.53. The standard InChI is InChI=1S/C19H16BrN3O/c1-24-14-8-6-13(7-9-14)11-23-12-22-19(20)18(23)16-10-21-17-5-3-2-4-15(16)17/h2-10,12,21H,11H2,1H3. The maximum Gasteiger partial charge on any atom is 0.132 e. The summed E-state index contributed by atoms with van der Waals surface area (Å²) in [5.41, 5.74) is 4.53. The first-order chi connectivity index (χ1) is 11.8. The van der Waals surface area contributed by atoms with Crippen molar-refractivity contribution in [1.29, 1.82) is 0 Å². The molecule has 24 heavy (non-hydrogen) atoms. The second-order valence-electron chi connectivity index (χ2n) is 5.61. The van der Waals surface area contributed by atoms with Gasteiger partial charge in [-0.15, -0.1) is 0 Å². The van der Waals surface area contributed by atoms with Gasteiger partial charge < -0.3 is 14.3 Å². The highest BCUT2D eigenvalue weighted by molar-refractivity contribution is 9.10. The van der Waals surface area contributed by atoms with Crippen molar-refractivity contribution in [2.75, 3.05) is 7.11 Å². The van der Waals surface area contributed by atoms with Crippen molar-refractivity contribution >= 4 is 26.8 Å². The third-order valence-electron chi connectivity index (χ3n) is 4.15. The van der Waals surface area contributed by atoms with Crippen LogP contribution in [0.2, 0.25) is 0 Å². The number of nitrogens with one attached hydrogen (secondary N) is 1. The summed E-state index contributed by atoms with van der Waals surface area (Å²) in [5, 5.41) is 1.19. The molecule has 0 amide bonds. The van der Waals surface area contributed by atoms with E-state index in [-0.39, 0.29) is 0 Å². The fourth-order valence-corrected chi connectivity index (χ4v) is 3.47. The predicted octanol–water partition coefficient (Wildman–Crippen LogP) is 4.85. The minimum atomic E-state index is 0.747. The molecule has 0 spiro atoms. The zero-order valence-corrected chi connectivity index (χ0v) is 14.7. The average molecular weight is 382 g/mol. The number of aromatic amines is 1. The van der Waals surface area contributed by atoms with Crippen LogP contribution in [0.1, 0.15) is 5.56 Å². The van der Waals surface area contributed by atoms with E-state index in [0.29, 0.717) is 0 Å². The Bertz CT molecular complexity index is 985. The van der Waals surface area contributed by atoms with Gasteiger partial charge in [0.15, 0.2) is 0 Å². The van der Waals surface area contributed by atoms with Crippen LogP contribution in [0.3, 0.4) is 0 Å². The van der Waals surface area contributed by atoms with Crippen LogP contribution in [0.5, 0.6) is 5.75 Å². The van der Waals surface area contributed by atoms with Gasteiger partial charge in [-0.25, -0.2) is 4.98 Å². The van der Waals surface area contributed by atoms with Gasteiger partial charge in [-0.3, -0.25) is 0 Å². The van der Waals surface area contributed by atoms with Gasteiger partial charge >= 0.3 is 0 Å². The van der Waals surface area contributed by atoms with E-state index in [1.54, 1.807) is 7.11 Å². The van der Waals surface area contributed by atoms with Crippen molar-refractivity contribution in [3.8, 4) is 17.0 Å². The van der Waals surface area contributed by atoms with E-state index >= 15 is 0 Å². The zero-order valence-electron chi connectivity index (χ0n) is 13.2. The number of para-hydroxylation sites is 1. The first kappa shape index (κ1) is 15.0. The van der Waals surface area contributed by atoms with Crippen molar-refractivity contribution in [3.63, 3.8) is 0 Å². The highest BCUT2D eigenvalue weighted by atomic mass is 79.9. The average Bonchev–Trinajstić information content (AvgIpc) is 3.19. The number of benzene rings is 2. The maximum absolute atomic E-state index is 5.22. The number of nitrogens with zero attached hydrogens (tertiary/aromatic N) is 2. The predicted molar refractivity (Wildman–Crippen MR) is 99.3 cm³/mol. The van der Waals surface area contributed by atoms with E-state index in [1.165, 1.54) is 10.9 Å². The van der Waals surface area contributed by atoms with Gasteiger partial charge in [0, 0.05) is 29.2 Å². The number of hydrogen-bond donors (Lipinski definition) is 1. The van der Waals surface area contributed by atoms with Crippen LogP contribution < -0.4 is 4.74 Å². The highest BCUT2D eigenvalue weighted by Crippen LogP contribution is 2.33. The van der Waals surface area contributed by atoms with E-state index < -0.39 is 0 Å². The van der Waals surface area contributed by atoms with E-state index in [4.69, 9.17) is 4.74 Å². The molecule has 120 valence electrons. The topological polar surface area (TPSA) is 42.8 Å². The number of aromatic nitrogens is 3. The smallest absolute Gasteiger partial charge is 0.132 e. The number of fused-ring (bicyclic) bond motifs is 1. The summed E-state index contributed by atoms with van der Waals surface area (Å²) >= 11 is 3.59. The molecule has 2 heterocycles. The summed E-state index contributed by atoms with van der Waals surface area (Å²) in [7, 11) is 1.68. The molecule has 2 aromatic carbocycles. The van der Waals surface area contributed by atoms with Gasteiger partial charge in [-0.05, 0) is 39.7 Å². The number of imidazole rings is 1. The monoisotopic (exact) mass is 381 g/mol. The molecule has 1 N–H and O–H groups in total. The molecule has 4 aromatic rings. The van der Waals surface area contributed by atoms with Crippen molar-refractivity contribution in [1.82, 2.24) is 14.5 Å². The van der Waals surface area contributed by atoms with Crippen molar-refractivity contribution < 1.29 is 4.74 Å². The van der Waals surface area contributed by atoms with Gasteiger partial charge in [-0.2, -0.15) is 0 Å². The highest BCUT2D eigenvalue weighted by Gasteiger charge is 2.15. The summed E-state index contributed by atoms with van der Waals surface area (Å²) in [6, 6.07) is 16.4. The minimum absolute atomic E-state index is 0.747. The van der Waals surface area contributed by atoms with Crippen molar-refractivity contribution in [2.45, 2.75) is 6.54 Å². The van der Waals surface area contributed by atoms with Gasteiger partial charge in [-0.1, -0.05) is 30.3 Å². The molecule has 5 heteroatoms. The molecule has 0 bridgehead atoms. The van der Waals surface area contributed by atoms with Crippen LogP contribution in [0.4, 0.5) is 0 Å². The number of methoxy groups -OCH3 is 1. The third-order valence-corrected chi connectivity index (χ3v) is 4.73. The van der Waals surface area contributed by atoms with E-state index in [9.17, 15) is 0 Å². The molecule has 0 fully saturated rings. The lowest BCUT2D eigenvalue weighted by Crippen LogP contribution is -2.00. The Morgan fingerprint density at radius 2 is 1.92 bits per heavy atom. The van der Waals surface area contributed by atoms with E-state index in [1.807, 2.05) is 30.7 Å². The molecule has 4 nitrogen and oxygen atoms in total. The minimum Gasteiger partial charge on any atom is -0.497 e. The lowest BCUT2D eigenvalue weighted by atomic mass is 10.1. The van der Waals surface area contributed by atoms with Crippen molar-refractivity contribution in [2.24, 2.45) is 0 Å². The fraction of sp³-hybridized carbons (Fsp3) is 0.105. The maximum atomic E-state index is 5.22. The Kier molecular flexibility index (Phi) is 3.86. The summed E-state index contributed by atoms with van der Waals surface area (Å²) in [5.74, 6) is 0.863. The molecule has 2 aromatic heterocycles. The number of hydrogen-bond acceptors (Lipinski definition) is 2. The summed E-state index contributed by atoms with van der Waals surface area (Å²) < 4.78 is 8.23. The Balaban J connectivity index is 1.75. The molecule has 0 aliphatic heterocycles. The summed E-state index contributed by atoms with van der Waals surface area (Å²) in [6.45, 7) is 0.747. The second-order valence-corrected chi connectivity index (χ2v) is 6.36. The van der Waals surface area contributed by atoms with Crippen LogP contribution in [0.25, 0.3) is 22.2 Å².